The molecular weight excluding hydrogens is 274 g/mol. The fourth-order valence-corrected chi connectivity index (χ4v) is 3.02. The Bertz CT molecular complexity index is 602. The number of nitrogens with zero attached hydrogens (tertiary/aromatic N) is 2. The molecule has 0 unspecified atom stereocenters. The molecule has 1 fully saturated rings. The lowest BCUT2D eigenvalue weighted by molar-refractivity contribution is 0.0462. The fraction of sp³-hybridized carbons (Fsp3) is 0.389. The minimum atomic E-state index is 0.210. The normalized spacial score (nSPS) is 22.4. The Morgan fingerprint density at radius 1 is 1.18 bits per heavy atom. The zero-order chi connectivity index (χ0) is 15.4. The summed E-state index contributed by atoms with van der Waals surface area (Å²) in [6.45, 7) is 5.34. The Hall–Kier alpha value is -2.07. The van der Waals surface area contributed by atoms with Crippen molar-refractivity contribution < 1.29 is 4.74 Å². The third kappa shape index (κ3) is 3.77. The molecule has 1 saturated heterocycles. The van der Waals surface area contributed by atoms with Gasteiger partial charge in [0.1, 0.15) is 11.9 Å². The number of pyridine rings is 1. The highest BCUT2D eigenvalue weighted by atomic mass is 16.5. The molecule has 2 aromatic rings. The van der Waals surface area contributed by atoms with Crippen LogP contribution in [0.5, 0.6) is 5.88 Å². The van der Waals surface area contributed by atoms with Gasteiger partial charge in [0.15, 0.2) is 0 Å². The highest BCUT2D eigenvalue weighted by molar-refractivity contribution is 5.31. The summed E-state index contributed by atoms with van der Waals surface area (Å²) in [4.78, 5) is 6.72. The third-order valence-corrected chi connectivity index (χ3v) is 4.18. The van der Waals surface area contributed by atoms with E-state index in [2.05, 4.69) is 47.1 Å². The monoisotopic (exact) mass is 297 g/mol. The van der Waals surface area contributed by atoms with Crippen molar-refractivity contribution in [2.75, 3.05) is 18.8 Å². The Labute approximate surface area is 131 Å². The summed E-state index contributed by atoms with van der Waals surface area (Å²) in [5.41, 5.74) is 7.07. The van der Waals surface area contributed by atoms with Crippen molar-refractivity contribution in [3.63, 3.8) is 0 Å². The van der Waals surface area contributed by atoms with E-state index in [0.29, 0.717) is 17.6 Å². The molecule has 4 heteroatoms. The zero-order valence-corrected chi connectivity index (χ0v) is 13.0. The first-order chi connectivity index (χ1) is 10.7. The lowest BCUT2D eigenvalue weighted by atomic mass is 9.96. The first-order valence-corrected chi connectivity index (χ1v) is 7.86. The van der Waals surface area contributed by atoms with E-state index in [-0.39, 0.29) is 6.10 Å². The Morgan fingerprint density at radius 3 is 2.73 bits per heavy atom. The van der Waals surface area contributed by atoms with Gasteiger partial charge in [-0.3, -0.25) is 4.90 Å². The molecule has 1 aromatic carbocycles. The van der Waals surface area contributed by atoms with Crippen molar-refractivity contribution in [1.29, 1.82) is 0 Å². The van der Waals surface area contributed by atoms with Crippen molar-refractivity contribution in [3.8, 4) is 5.88 Å². The maximum absolute atomic E-state index is 6.03. The number of benzene rings is 1. The Balaban J connectivity index is 1.56. The van der Waals surface area contributed by atoms with Gasteiger partial charge in [-0.25, -0.2) is 0 Å². The van der Waals surface area contributed by atoms with Crippen LogP contribution in [0.4, 0.5) is 5.82 Å². The highest BCUT2D eigenvalue weighted by Gasteiger charge is 2.27. The molecule has 3 rings (SSSR count). The molecule has 0 amide bonds. The second-order valence-corrected chi connectivity index (χ2v) is 6.04. The summed E-state index contributed by atoms with van der Waals surface area (Å²) in [7, 11) is 0. The molecule has 22 heavy (non-hydrogen) atoms. The summed E-state index contributed by atoms with van der Waals surface area (Å²) in [6, 6.07) is 16.2. The molecule has 1 aliphatic heterocycles. The van der Waals surface area contributed by atoms with Crippen LogP contribution in [0.2, 0.25) is 0 Å². The predicted molar refractivity (Wildman–Crippen MR) is 88.6 cm³/mol. The van der Waals surface area contributed by atoms with Gasteiger partial charge in [-0.05, 0) is 18.1 Å². The van der Waals surface area contributed by atoms with Crippen LogP contribution in [0.25, 0.3) is 0 Å². The number of aromatic nitrogens is 1. The van der Waals surface area contributed by atoms with Crippen molar-refractivity contribution >= 4 is 5.82 Å². The molecule has 4 nitrogen and oxygen atoms in total. The average Bonchev–Trinajstić information content (AvgIpc) is 2.51. The molecule has 0 spiro atoms. The first-order valence-electron chi connectivity index (χ1n) is 7.86. The fourth-order valence-electron chi connectivity index (χ4n) is 3.02. The van der Waals surface area contributed by atoms with Crippen molar-refractivity contribution in [2.24, 2.45) is 5.92 Å². The van der Waals surface area contributed by atoms with E-state index < -0.39 is 0 Å². The number of rotatable bonds is 4. The molecule has 2 heterocycles. The van der Waals surface area contributed by atoms with E-state index in [1.54, 1.807) is 6.07 Å². The topological polar surface area (TPSA) is 51.4 Å². The van der Waals surface area contributed by atoms with Gasteiger partial charge in [0, 0.05) is 31.6 Å². The van der Waals surface area contributed by atoms with Crippen molar-refractivity contribution in [3.05, 3.63) is 54.1 Å². The number of nitrogen functional groups attached to an aromatic ring is 1. The van der Waals surface area contributed by atoms with Gasteiger partial charge in [0.2, 0.25) is 5.88 Å². The van der Waals surface area contributed by atoms with Crippen LogP contribution in [0.1, 0.15) is 18.9 Å². The van der Waals surface area contributed by atoms with Crippen LogP contribution in [-0.2, 0) is 6.54 Å². The maximum Gasteiger partial charge on any atom is 0.215 e. The highest BCUT2D eigenvalue weighted by Crippen LogP contribution is 2.23. The quantitative estimate of drug-likeness (QED) is 0.942. The smallest absolute Gasteiger partial charge is 0.215 e. The van der Waals surface area contributed by atoms with Crippen molar-refractivity contribution in [2.45, 2.75) is 26.0 Å². The summed E-state index contributed by atoms with van der Waals surface area (Å²) in [6.07, 6.45) is 1.23. The van der Waals surface area contributed by atoms with E-state index in [4.69, 9.17) is 10.5 Å². The van der Waals surface area contributed by atoms with Crippen LogP contribution in [-0.4, -0.2) is 29.1 Å². The largest absolute Gasteiger partial charge is 0.474 e. The van der Waals surface area contributed by atoms with Gasteiger partial charge in [-0.1, -0.05) is 43.3 Å². The molecule has 0 aliphatic carbocycles. The standard InChI is InChI=1S/C18H23N3O/c1-14-12-21(13-15-6-3-2-4-7-15)11-10-16(14)22-18-9-5-8-17(19)20-18/h2-9,14,16H,10-13H2,1H3,(H2,19,20)/t14-,16+/m1/s1. The molecule has 0 saturated carbocycles. The second kappa shape index (κ2) is 6.79. The first kappa shape index (κ1) is 14.9. The van der Waals surface area contributed by atoms with Gasteiger partial charge in [-0.15, -0.1) is 0 Å². The van der Waals surface area contributed by atoms with Gasteiger partial charge in [0.25, 0.3) is 0 Å². The number of anilines is 1. The molecule has 2 atom stereocenters. The van der Waals surface area contributed by atoms with E-state index in [1.165, 1.54) is 5.56 Å². The minimum Gasteiger partial charge on any atom is -0.474 e. The van der Waals surface area contributed by atoms with E-state index in [9.17, 15) is 0 Å². The molecule has 2 N–H and O–H groups in total. The lowest BCUT2D eigenvalue weighted by Crippen LogP contribution is -2.44. The Morgan fingerprint density at radius 2 is 2.00 bits per heavy atom. The molecule has 1 aromatic heterocycles. The maximum atomic E-state index is 6.03. The lowest BCUT2D eigenvalue weighted by Gasteiger charge is -2.36. The number of hydrogen-bond donors (Lipinski definition) is 1. The molecule has 0 radical (unpaired) electrons. The summed E-state index contributed by atoms with van der Waals surface area (Å²) in [5, 5.41) is 0. The predicted octanol–water partition coefficient (Wildman–Crippen LogP) is 2.95. The Kier molecular flexibility index (Phi) is 4.59. The van der Waals surface area contributed by atoms with Crippen LogP contribution in [0, 0.1) is 5.92 Å². The number of likely N-dealkylation sites (tertiary alicyclic amines) is 1. The van der Waals surface area contributed by atoms with Gasteiger partial charge in [0.05, 0.1) is 0 Å². The summed E-state index contributed by atoms with van der Waals surface area (Å²) < 4.78 is 6.03. The van der Waals surface area contributed by atoms with Crippen LogP contribution < -0.4 is 10.5 Å². The van der Waals surface area contributed by atoms with E-state index >= 15 is 0 Å². The number of nitrogens with two attached hydrogens (primary N) is 1. The van der Waals surface area contributed by atoms with Crippen LogP contribution in [0.15, 0.2) is 48.5 Å². The number of ether oxygens (including phenoxy) is 1. The molecule has 1 aliphatic rings. The van der Waals surface area contributed by atoms with Gasteiger partial charge in [-0.2, -0.15) is 4.98 Å². The average molecular weight is 297 g/mol. The van der Waals surface area contributed by atoms with Crippen LogP contribution >= 0.6 is 0 Å². The third-order valence-electron chi connectivity index (χ3n) is 4.18. The molecule has 116 valence electrons. The van der Waals surface area contributed by atoms with Crippen LogP contribution in [0.3, 0.4) is 0 Å². The number of hydrogen-bond acceptors (Lipinski definition) is 4. The number of piperidine rings is 1. The summed E-state index contributed by atoms with van der Waals surface area (Å²) in [5.74, 6) is 1.61. The second-order valence-electron chi connectivity index (χ2n) is 6.04. The van der Waals surface area contributed by atoms with E-state index in [0.717, 1.165) is 26.1 Å². The van der Waals surface area contributed by atoms with Crippen molar-refractivity contribution in [1.82, 2.24) is 9.88 Å². The SMILES string of the molecule is C[C@@H]1CN(Cc2ccccc2)CC[C@@H]1Oc1cccc(N)n1. The minimum absolute atomic E-state index is 0.210. The summed E-state index contributed by atoms with van der Waals surface area (Å²) >= 11 is 0. The van der Waals surface area contributed by atoms with Gasteiger partial charge < -0.3 is 10.5 Å². The molecule has 0 bridgehead atoms. The zero-order valence-electron chi connectivity index (χ0n) is 13.0. The van der Waals surface area contributed by atoms with Gasteiger partial charge >= 0.3 is 0 Å². The van der Waals surface area contributed by atoms with E-state index in [1.807, 2.05) is 12.1 Å². The molecular formula is C18H23N3O.